The van der Waals surface area contributed by atoms with E-state index in [4.69, 9.17) is 4.52 Å². The molecule has 0 saturated heterocycles. The molecule has 1 N–H and O–H groups in total. The van der Waals surface area contributed by atoms with E-state index in [0.717, 1.165) is 31.2 Å². The highest BCUT2D eigenvalue weighted by molar-refractivity contribution is 7.89. The first kappa shape index (κ1) is 16.9. The first-order valence-electron chi connectivity index (χ1n) is 8.64. The Labute approximate surface area is 152 Å². The van der Waals surface area contributed by atoms with Crippen LogP contribution in [0.3, 0.4) is 0 Å². The minimum Gasteiger partial charge on any atom is -0.334 e. The molecule has 1 aliphatic rings. The number of nitrogens with one attached hydrogen (secondary N) is 1. The van der Waals surface area contributed by atoms with Gasteiger partial charge in [0.05, 0.1) is 4.90 Å². The van der Waals surface area contributed by atoms with Crippen LogP contribution in [0.5, 0.6) is 0 Å². The molecule has 26 heavy (non-hydrogen) atoms. The van der Waals surface area contributed by atoms with Crippen LogP contribution in [0, 0.1) is 0 Å². The van der Waals surface area contributed by atoms with Gasteiger partial charge in [-0.25, -0.2) is 13.1 Å². The molecule has 1 aliphatic carbocycles. The lowest BCUT2D eigenvalue weighted by Crippen LogP contribution is -2.32. The summed E-state index contributed by atoms with van der Waals surface area (Å²) in [4.78, 5) is 4.59. The van der Waals surface area contributed by atoms with Crippen molar-refractivity contribution in [2.45, 2.75) is 36.6 Å². The van der Waals surface area contributed by atoms with Gasteiger partial charge in [-0.3, -0.25) is 0 Å². The SMILES string of the molecule is O=S(=O)(NC1CCCC1)c1cccc(-c2nc(-c3ccccc3)no2)c1. The summed E-state index contributed by atoms with van der Waals surface area (Å²) in [6.07, 6.45) is 3.92. The molecule has 7 heteroatoms. The summed E-state index contributed by atoms with van der Waals surface area (Å²) in [6, 6.07) is 16.1. The maximum atomic E-state index is 12.6. The molecule has 1 aromatic heterocycles. The van der Waals surface area contributed by atoms with Crippen LogP contribution in [0.1, 0.15) is 25.7 Å². The van der Waals surface area contributed by atoms with Gasteiger partial charge in [-0.2, -0.15) is 4.98 Å². The lowest BCUT2D eigenvalue weighted by molar-refractivity contribution is 0.432. The van der Waals surface area contributed by atoms with Gasteiger partial charge in [0, 0.05) is 17.2 Å². The van der Waals surface area contributed by atoms with E-state index in [1.165, 1.54) is 0 Å². The molecule has 0 aliphatic heterocycles. The Balaban J connectivity index is 1.61. The highest BCUT2D eigenvalue weighted by Crippen LogP contribution is 2.25. The highest BCUT2D eigenvalue weighted by atomic mass is 32.2. The number of hydrogen-bond acceptors (Lipinski definition) is 5. The zero-order valence-corrected chi connectivity index (χ0v) is 14.9. The molecule has 134 valence electrons. The van der Waals surface area contributed by atoms with Gasteiger partial charge in [-0.15, -0.1) is 0 Å². The molecule has 0 radical (unpaired) electrons. The Kier molecular flexibility index (Phi) is 4.57. The molecule has 1 heterocycles. The zero-order chi connectivity index (χ0) is 18.0. The van der Waals surface area contributed by atoms with Crippen molar-refractivity contribution < 1.29 is 12.9 Å². The second-order valence-electron chi connectivity index (χ2n) is 6.42. The van der Waals surface area contributed by atoms with E-state index < -0.39 is 10.0 Å². The quantitative estimate of drug-likeness (QED) is 0.742. The van der Waals surface area contributed by atoms with Gasteiger partial charge >= 0.3 is 0 Å². The fourth-order valence-electron chi connectivity index (χ4n) is 3.17. The number of sulfonamides is 1. The Morgan fingerprint density at radius 3 is 2.46 bits per heavy atom. The van der Waals surface area contributed by atoms with E-state index in [1.54, 1.807) is 24.3 Å². The molecule has 4 rings (SSSR count). The van der Waals surface area contributed by atoms with E-state index >= 15 is 0 Å². The molecule has 0 atom stereocenters. The minimum atomic E-state index is -3.56. The highest BCUT2D eigenvalue weighted by Gasteiger charge is 2.23. The third-order valence-corrected chi connectivity index (χ3v) is 6.04. The summed E-state index contributed by atoms with van der Waals surface area (Å²) in [6.45, 7) is 0. The second kappa shape index (κ2) is 7.01. The number of benzene rings is 2. The van der Waals surface area contributed by atoms with Gasteiger partial charge in [0.1, 0.15) is 0 Å². The van der Waals surface area contributed by atoms with Crippen LogP contribution in [0.4, 0.5) is 0 Å². The predicted molar refractivity (Wildman–Crippen MR) is 97.7 cm³/mol. The van der Waals surface area contributed by atoms with E-state index in [2.05, 4.69) is 14.9 Å². The first-order chi connectivity index (χ1) is 12.6. The monoisotopic (exact) mass is 369 g/mol. The molecule has 0 spiro atoms. The van der Waals surface area contributed by atoms with Crippen LogP contribution in [0.2, 0.25) is 0 Å². The van der Waals surface area contributed by atoms with Crippen molar-refractivity contribution in [3.05, 3.63) is 54.6 Å². The summed E-state index contributed by atoms with van der Waals surface area (Å²) in [5.41, 5.74) is 1.42. The van der Waals surface area contributed by atoms with Crippen molar-refractivity contribution in [1.82, 2.24) is 14.9 Å². The van der Waals surface area contributed by atoms with Crippen LogP contribution < -0.4 is 4.72 Å². The summed E-state index contributed by atoms with van der Waals surface area (Å²) >= 11 is 0. The van der Waals surface area contributed by atoms with Gasteiger partial charge in [0.25, 0.3) is 5.89 Å². The number of aromatic nitrogens is 2. The third-order valence-electron chi connectivity index (χ3n) is 4.53. The Morgan fingerprint density at radius 2 is 1.69 bits per heavy atom. The van der Waals surface area contributed by atoms with Crippen molar-refractivity contribution >= 4 is 10.0 Å². The predicted octanol–water partition coefficient (Wildman–Crippen LogP) is 3.62. The molecule has 3 aromatic rings. The van der Waals surface area contributed by atoms with Crippen molar-refractivity contribution in [2.75, 3.05) is 0 Å². The number of rotatable bonds is 5. The smallest absolute Gasteiger partial charge is 0.258 e. The Morgan fingerprint density at radius 1 is 0.962 bits per heavy atom. The standard InChI is InChI=1S/C19H19N3O3S/c23-26(24,22-16-10-4-5-11-16)17-12-6-9-15(13-17)19-20-18(21-25-19)14-7-2-1-3-8-14/h1-3,6-9,12-13,16,22H,4-5,10-11H2. The summed E-state index contributed by atoms with van der Waals surface area (Å²) < 4.78 is 33.4. The van der Waals surface area contributed by atoms with Gasteiger partial charge in [0.2, 0.25) is 15.8 Å². The second-order valence-corrected chi connectivity index (χ2v) is 8.13. The van der Waals surface area contributed by atoms with E-state index in [9.17, 15) is 8.42 Å². The largest absolute Gasteiger partial charge is 0.334 e. The molecule has 2 aromatic carbocycles. The molecule has 0 amide bonds. The van der Waals surface area contributed by atoms with Crippen molar-refractivity contribution in [2.24, 2.45) is 0 Å². The van der Waals surface area contributed by atoms with Gasteiger partial charge in [-0.05, 0) is 31.0 Å². The van der Waals surface area contributed by atoms with Gasteiger partial charge in [0.15, 0.2) is 0 Å². The molecular weight excluding hydrogens is 350 g/mol. The van der Waals surface area contributed by atoms with Crippen LogP contribution in [0.15, 0.2) is 64.0 Å². The minimum absolute atomic E-state index is 0.0248. The van der Waals surface area contributed by atoms with Gasteiger partial charge in [-0.1, -0.05) is 54.4 Å². The molecule has 1 fully saturated rings. The average Bonchev–Trinajstić information content (AvgIpc) is 3.34. The lowest BCUT2D eigenvalue weighted by atomic mass is 10.2. The van der Waals surface area contributed by atoms with Crippen LogP contribution in [-0.2, 0) is 10.0 Å². The topological polar surface area (TPSA) is 85.1 Å². The molecule has 0 bridgehead atoms. The maximum Gasteiger partial charge on any atom is 0.258 e. The lowest BCUT2D eigenvalue weighted by Gasteiger charge is -2.12. The van der Waals surface area contributed by atoms with Crippen molar-refractivity contribution in [3.63, 3.8) is 0 Å². The average molecular weight is 369 g/mol. The summed E-state index contributed by atoms with van der Waals surface area (Å²) in [7, 11) is -3.56. The Hall–Kier alpha value is -2.51. The zero-order valence-electron chi connectivity index (χ0n) is 14.1. The summed E-state index contributed by atoms with van der Waals surface area (Å²) in [5.74, 6) is 0.764. The van der Waals surface area contributed by atoms with E-state index in [-0.39, 0.29) is 10.9 Å². The van der Waals surface area contributed by atoms with Crippen LogP contribution in [0.25, 0.3) is 22.8 Å². The molecule has 6 nitrogen and oxygen atoms in total. The first-order valence-corrected chi connectivity index (χ1v) is 10.1. The molecule has 0 unspecified atom stereocenters. The van der Waals surface area contributed by atoms with Crippen molar-refractivity contribution in [3.8, 4) is 22.8 Å². The van der Waals surface area contributed by atoms with E-state index in [1.807, 2.05) is 30.3 Å². The van der Waals surface area contributed by atoms with Gasteiger partial charge < -0.3 is 4.52 Å². The van der Waals surface area contributed by atoms with Crippen molar-refractivity contribution in [1.29, 1.82) is 0 Å². The van der Waals surface area contributed by atoms with E-state index in [0.29, 0.717) is 17.3 Å². The fourth-order valence-corrected chi connectivity index (χ4v) is 4.52. The number of nitrogens with zero attached hydrogens (tertiary/aromatic N) is 2. The fraction of sp³-hybridized carbons (Fsp3) is 0.263. The normalized spacial score (nSPS) is 15.4. The summed E-state index contributed by atoms with van der Waals surface area (Å²) in [5, 5.41) is 3.99. The third kappa shape index (κ3) is 3.54. The van der Waals surface area contributed by atoms with Crippen LogP contribution >= 0.6 is 0 Å². The molecular formula is C19H19N3O3S. The Bertz CT molecular complexity index is 994. The molecule has 1 saturated carbocycles. The van der Waals surface area contributed by atoms with Crippen LogP contribution in [-0.4, -0.2) is 24.6 Å². The number of hydrogen-bond donors (Lipinski definition) is 1. The maximum absolute atomic E-state index is 12.6.